The first kappa shape index (κ1) is 13.9. The molecule has 1 aliphatic carbocycles. The number of aromatic amines is 1. The van der Waals surface area contributed by atoms with Crippen molar-refractivity contribution in [2.75, 3.05) is 13.7 Å². The van der Waals surface area contributed by atoms with E-state index in [4.69, 9.17) is 16.3 Å². The van der Waals surface area contributed by atoms with Gasteiger partial charge in [-0.25, -0.2) is 0 Å². The lowest BCUT2D eigenvalue weighted by atomic mass is 9.79. The molecule has 3 atom stereocenters. The Morgan fingerprint density at radius 1 is 1.60 bits per heavy atom. The highest BCUT2D eigenvalue weighted by Gasteiger charge is 2.52. The highest BCUT2D eigenvalue weighted by molar-refractivity contribution is 6.30. The van der Waals surface area contributed by atoms with E-state index in [1.54, 1.807) is 19.4 Å². The summed E-state index contributed by atoms with van der Waals surface area (Å²) < 4.78 is 5.73. The van der Waals surface area contributed by atoms with Gasteiger partial charge in [0.05, 0.1) is 22.8 Å². The molecule has 2 N–H and O–H groups in total. The fraction of sp³-hybridized carbons (Fsp3) is 0.643. The second kappa shape index (κ2) is 5.06. The molecule has 2 heterocycles. The van der Waals surface area contributed by atoms with E-state index in [-0.39, 0.29) is 23.7 Å². The van der Waals surface area contributed by atoms with Crippen molar-refractivity contribution >= 4 is 17.5 Å². The van der Waals surface area contributed by atoms with Gasteiger partial charge in [-0.05, 0) is 31.7 Å². The normalized spacial score (nSPS) is 33.2. The second-order valence-electron chi connectivity index (χ2n) is 5.69. The van der Waals surface area contributed by atoms with Crippen LogP contribution in [0.5, 0.6) is 0 Å². The van der Waals surface area contributed by atoms with Crippen LogP contribution in [0.1, 0.15) is 36.2 Å². The molecular formula is C14H19ClN2O3. The van der Waals surface area contributed by atoms with E-state index in [0.717, 1.165) is 19.3 Å². The first-order chi connectivity index (χ1) is 9.55. The van der Waals surface area contributed by atoms with Gasteiger partial charge >= 0.3 is 0 Å². The zero-order chi connectivity index (χ0) is 14.3. The van der Waals surface area contributed by atoms with Crippen LogP contribution in [0.2, 0.25) is 5.02 Å². The number of rotatable bonds is 2. The number of aliphatic hydroxyl groups excluding tert-OH is 1. The molecule has 0 aromatic carbocycles. The molecule has 20 heavy (non-hydrogen) atoms. The molecule has 3 rings (SSSR count). The molecule has 1 saturated heterocycles. The van der Waals surface area contributed by atoms with Gasteiger partial charge in [-0.15, -0.1) is 0 Å². The van der Waals surface area contributed by atoms with Crippen molar-refractivity contribution in [1.82, 2.24) is 9.88 Å². The molecule has 2 fully saturated rings. The minimum absolute atomic E-state index is 0.0641. The van der Waals surface area contributed by atoms with Crippen molar-refractivity contribution in [1.29, 1.82) is 0 Å². The molecule has 0 radical (unpaired) electrons. The molecule has 6 heteroatoms. The molecule has 5 nitrogen and oxygen atoms in total. The highest BCUT2D eigenvalue weighted by atomic mass is 35.5. The van der Waals surface area contributed by atoms with Gasteiger partial charge in [0, 0.05) is 19.9 Å². The zero-order valence-electron chi connectivity index (χ0n) is 11.4. The third kappa shape index (κ3) is 2.14. The van der Waals surface area contributed by atoms with Crippen LogP contribution in [-0.2, 0) is 4.74 Å². The first-order valence-electron chi connectivity index (χ1n) is 6.94. The smallest absolute Gasteiger partial charge is 0.270 e. The van der Waals surface area contributed by atoms with Gasteiger partial charge < -0.3 is 19.7 Å². The van der Waals surface area contributed by atoms with E-state index < -0.39 is 0 Å². The lowest BCUT2D eigenvalue weighted by molar-refractivity contribution is -0.0824. The van der Waals surface area contributed by atoms with E-state index in [1.807, 2.05) is 4.90 Å². The molecule has 1 amide bonds. The number of amides is 1. The second-order valence-corrected chi connectivity index (χ2v) is 6.13. The van der Waals surface area contributed by atoms with Gasteiger partial charge in [0.1, 0.15) is 5.69 Å². The van der Waals surface area contributed by atoms with E-state index in [9.17, 15) is 9.90 Å². The Hall–Kier alpha value is -1.04. The first-order valence-corrected chi connectivity index (χ1v) is 7.31. The van der Waals surface area contributed by atoms with Crippen molar-refractivity contribution in [3.63, 3.8) is 0 Å². The van der Waals surface area contributed by atoms with Crippen LogP contribution < -0.4 is 0 Å². The summed E-state index contributed by atoms with van der Waals surface area (Å²) >= 11 is 5.86. The van der Waals surface area contributed by atoms with Crippen molar-refractivity contribution in [3.05, 3.63) is 23.0 Å². The summed E-state index contributed by atoms with van der Waals surface area (Å²) in [5, 5.41) is 10.4. The van der Waals surface area contributed by atoms with Crippen LogP contribution in [0.3, 0.4) is 0 Å². The fourth-order valence-electron chi connectivity index (χ4n) is 3.57. The molecule has 0 unspecified atom stereocenters. The predicted octanol–water partition coefficient (Wildman–Crippen LogP) is 1.81. The van der Waals surface area contributed by atoms with Crippen molar-refractivity contribution in [3.8, 4) is 0 Å². The average Bonchev–Trinajstić information content (AvgIpc) is 3.02. The predicted molar refractivity (Wildman–Crippen MR) is 74.8 cm³/mol. The minimum Gasteiger partial charge on any atom is -0.393 e. The third-order valence-corrected chi connectivity index (χ3v) is 4.92. The number of likely N-dealkylation sites (tertiary alicyclic amines) is 1. The summed E-state index contributed by atoms with van der Waals surface area (Å²) in [4.78, 5) is 17.3. The number of carbonyl (C=O) groups is 1. The van der Waals surface area contributed by atoms with Crippen molar-refractivity contribution < 1.29 is 14.6 Å². The molecule has 2 aliphatic rings. The Kier molecular flexibility index (Phi) is 3.52. The summed E-state index contributed by atoms with van der Waals surface area (Å²) in [7, 11) is 1.70. The Labute approximate surface area is 122 Å². The summed E-state index contributed by atoms with van der Waals surface area (Å²) in [6.07, 6.45) is 4.17. The molecular weight excluding hydrogens is 280 g/mol. The lowest BCUT2D eigenvalue weighted by Gasteiger charge is -2.42. The number of hydrogen-bond acceptors (Lipinski definition) is 3. The fourth-order valence-corrected chi connectivity index (χ4v) is 3.73. The van der Waals surface area contributed by atoms with Crippen molar-refractivity contribution in [2.24, 2.45) is 0 Å². The number of carbonyl (C=O) groups excluding carboxylic acids is 1. The molecule has 0 spiro atoms. The van der Waals surface area contributed by atoms with Gasteiger partial charge in [-0.1, -0.05) is 11.6 Å². The number of nitrogens with one attached hydrogen (secondary N) is 1. The number of methoxy groups -OCH3 is 1. The monoisotopic (exact) mass is 298 g/mol. The molecule has 1 aromatic rings. The number of hydrogen-bond donors (Lipinski definition) is 2. The zero-order valence-corrected chi connectivity index (χ0v) is 12.2. The standard InChI is InChI=1S/C14H19ClN2O3/c1-20-14-3-2-10(18)7-12(14)17(5-4-14)13(19)11-6-9(15)8-16-11/h6,8,10,12,16,18H,2-5,7H2,1H3/t10-,12-,14+/m0/s1. The SMILES string of the molecule is CO[C@@]12CC[C@H](O)C[C@@H]1N(C(=O)c1cc(Cl)c[nH]1)CC2. The third-order valence-electron chi connectivity index (χ3n) is 4.70. The van der Waals surface area contributed by atoms with Gasteiger partial charge in [0.15, 0.2) is 0 Å². The van der Waals surface area contributed by atoms with Crippen LogP contribution in [-0.4, -0.2) is 52.3 Å². The van der Waals surface area contributed by atoms with E-state index in [2.05, 4.69) is 4.98 Å². The topological polar surface area (TPSA) is 65.6 Å². The maximum absolute atomic E-state index is 12.6. The molecule has 1 saturated carbocycles. The lowest BCUT2D eigenvalue weighted by Crippen LogP contribution is -2.52. The van der Waals surface area contributed by atoms with E-state index in [0.29, 0.717) is 23.7 Å². The van der Waals surface area contributed by atoms with E-state index >= 15 is 0 Å². The Balaban J connectivity index is 1.85. The summed E-state index contributed by atoms with van der Waals surface area (Å²) in [6.45, 7) is 0.653. The van der Waals surface area contributed by atoms with Crippen LogP contribution in [0.25, 0.3) is 0 Å². The highest BCUT2D eigenvalue weighted by Crippen LogP contribution is 2.42. The van der Waals surface area contributed by atoms with E-state index in [1.165, 1.54) is 0 Å². The molecule has 0 bridgehead atoms. The number of halogens is 1. The van der Waals surface area contributed by atoms with Gasteiger partial charge in [-0.2, -0.15) is 0 Å². The van der Waals surface area contributed by atoms with Crippen LogP contribution in [0.15, 0.2) is 12.3 Å². The molecule has 110 valence electrons. The number of ether oxygens (including phenoxy) is 1. The summed E-state index contributed by atoms with van der Waals surface area (Å²) in [6, 6.07) is 1.57. The number of H-pyrrole nitrogens is 1. The summed E-state index contributed by atoms with van der Waals surface area (Å²) in [5.74, 6) is -0.0741. The molecule has 1 aromatic heterocycles. The maximum atomic E-state index is 12.6. The number of aliphatic hydroxyl groups is 1. The quantitative estimate of drug-likeness (QED) is 0.875. The van der Waals surface area contributed by atoms with Gasteiger partial charge in [0.25, 0.3) is 5.91 Å². The number of aromatic nitrogens is 1. The number of nitrogens with zero attached hydrogens (tertiary/aromatic N) is 1. The summed E-state index contributed by atoms with van der Waals surface area (Å²) in [5.41, 5.74) is 0.188. The van der Waals surface area contributed by atoms with Crippen LogP contribution in [0, 0.1) is 0 Å². The van der Waals surface area contributed by atoms with Gasteiger partial charge in [-0.3, -0.25) is 4.79 Å². The van der Waals surface area contributed by atoms with Gasteiger partial charge in [0.2, 0.25) is 0 Å². The van der Waals surface area contributed by atoms with Crippen LogP contribution >= 0.6 is 11.6 Å². The minimum atomic E-state index is -0.357. The van der Waals surface area contributed by atoms with Crippen LogP contribution in [0.4, 0.5) is 0 Å². The Morgan fingerprint density at radius 2 is 2.40 bits per heavy atom. The Morgan fingerprint density at radius 3 is 3.05 bits per heavy atom. The van der Waals surface area contributed by atoms with Crippen molar-refractivity contribution in [2.45, 2.75) is 43.4 Å². The largest absolute Gasteiger partial charge is 0.393 e. The molecule has 1 aliphatic heterocycles. The maximum Gasteiger partial charge on any atom is 0.270 e. The Bertz CT molecular complexity index is 518. The average molecular weight is 299 g/mol. The number of fused-ring (bicyclic) bond motifs is 1.